The first-order valence-electron chi connectivity index (χ1n) is 4.65. The molecule has 0 N–H and O–H groups in total. The van der Waals surface area contributed by atoms with Gasteiger partial charge in [-0.1, -0.05) is 5.16 Å². The zero-order valence-electron chi connectivity index (χ0n) is 8.67. The van der Waals surface area contributed by atoms with Crippen LogP contribution in [-0.2, 0) is 5.75 Å². The highest BCUT2D eigenvalue weighted by Crippen LogP contribution is 2.18. The van der Waals surface area contributed by atoms with Crippen LogP contribution in [0, 0.1) is 11.3 Å². The highest BCUT2D eigenvalue weighted by atomic mass is 32.2. The number of benzene rings is 1. The van der Waals surface area contributed by atoms with Gasteiger partial charge < -0.3 is 4.52 Å². The van der Waals surface area contributed by atoms with Gasteiger partial charge in [0.2, 0.25) is 0 Å². The van der Waals surface area contributed by atoms with Crippen molar-refractivity contribution in [2.75, 3.05) is 6.26 Å². The van der Waals surface area contributed by atoms with Crippen LogP contribution < -0.4 is 0 Å². The molecule has 5 heteroatoms. The third-order valence-electron chi connectivity index (χ3n) is 2.00. The molecule has 0 fully saturated rings. The molecule has 0 aliphatic heterocycles. The van der Waals surface area contributed by atoms with E-state index in [0.717, 1.165) is 11.3 Å². The van der Waals surface area contributed by atoms with Crippen LogP contribution in [0.15, 0.2) is 28.8 Å². The van der Waals surface area contributed by atoms with Gasteiger partial charge in [0.05, 0.1) is 17.4 Å². The van der Waals surface area contributed by atoms with Crippen LogP contribution >= 0.6 is 11.8 Å². The summed E-state index contributed by atoms with van der Waals surface area (Å²) in [6, 6.07) is 9.12. The van der Waals surface area contributed by atoms with Crippen LogP contribution in [0.4, 0.5) is 0 Å². The van der Waals surface area contributed by atoms with E-state index in [2.05, 4.69) is 16.2 Å². The van der Waals surface area contributed by atoms with E-state index in [-0.39, 0.29) is 0 Å². The molecule has 1 aromatic carbocycles. The molecule has 0 aliphatic rings. The topological polar surface area (TPSA) is 62.7 Å². The molecule has 80 valence electrons. The summed E-state index contributed by atoms with van der Waals surface area (Å²) in [5, 5.41) is 12.5. The second-order valence-electron chi connectivity index (χ2n) is 3.14. The summed E-state index contributed by atoms with van der Waals surface area (Å²) in [6.45, 7) is 0. The summed E-state index contributed by atoms with van der Waals surface area (Å²) in [5.74, 6) is 1.92. The zero-order valence-corrected chi connectivity index (χ0v) is 9.49. The smallest absolute Gasteiger partial charge is 0.257 e. The van der Waals surface area contributed by atoms with Crippen molar-refractivity contribution in [2.24, 2.45) is 0 Å². The van der Waals surface area contributed by atoms with Crippen molar-refractivity contribution in [1.29, 1.82) is 5.26 Å². The second-order valence-corrected chi connectivity index (χ2v) is 4.00. The number of nitriles is 1. The Morgan fingerprint density at radius 2 is 2.12 bits per heavy atom. The van der Waals surface area contributed by atoms with Gasteiger partial charge in [-0.15, -0.1) is 0 Å². The molecule has 0 saturated heterocycles. The van der Waals surface area contributed by atoms with Gasteiger partial charge in [-0.3, -0.25) is 0 Å². The summed E-state index contributed by atoms with van der Waals surface area (Å²) in [5.41, 5.74) is 1.45. The molecule has 0 bridgehead atoms. The third kappa shape index (κ3) is 2.23. The molecule has 1 heterocycles. The van der Waals surface area contributed by atoms with Crippen LogP contribution in [0.1, 0.15) is 11.4 Å². The van der Waals surface area contributed by atoms with Gasteiger partial charge in [0, 0.05) is 5.56 Å². The Morgan fingerprint density at radius 3 is 2.75 bits per heavy atom. The number of aromatic nitrogens is 2. The number of nitrogens with zero attached hydrogens (tertiary/aromatic N) is 3. The normalized spacial score (nSPS) is 10.0. The number of thioether (sulfide) groups is 1. The van der Waals surface area contributed by atoms with E-state index in [9.17, 15) is 0 Å². The van der Waals surface area contributed by atoms with E-state index in [1.165, 1.54) is 0 Å². The average molecular weight is 231 g/mol. The van der Waals surface area contributed by atoms with Gasteiger partial charge in [-0.2, -0.15) is 22.0 Å². The van der Waals surface area contributed by atoms with E-state index < -0.39 is 0 Å². The molecule has 2 aromatic rings. The Morgan fingerprint density at radius 1 is 1.38 bits per heavy atom. The first-order valence-corrected chi connectivity index (χ1v) is 6.05. The molecule has 0 saturated carbocycles. The molecule has 0 amide bonds. The van der Waals surface area contributed by atoms with Gasteiger partial charge in [0.1, 0.15) is 0 Å². The van der Waals surface area contributed by atoms with Gasteiger partial charge in [-0.05, 0) is 30.5 Å². The summed E-state index contributed by atoms with van der Waals surface area (Å²) in [6.07, 6.45) is 1.98. The number of hydrogen-bond acceptors (Lipinski definition) is 5. The van der Waals surface area contributed by atoms with E-state index in [0.29, 0.717) is 17.3 Å². The highest BCUT2D eigenvalue weighted by molar-refractivity contribution is 7.97. The van der Waals surface area contributed by atoms with Gasteiger partial charge in [0.15, 0.2) is 5.82 Å². The lowest BCUT2D eigenvalue weighted by molar-refractivity contribution is 0.425. The molecule has 0 unspecified atom stereocenters. The van der Waals surface area contributed by atoms with Gasteiger partial charge in [-0.25, -0.2) is 0 Å². The average Bonchev–Trinajstić information content (AvgIpc) is 2.78. The summed E-state index contributed by atoms with van der Waals surface area (Å²) >= 11 is 1.64. The van der Waals surface area contributed by atoms with Crippen molar-refractivity contribution in [3.8, 4) is 17.5 Å². The maximum absolute atomic E-state index is 8.67. The molecule has 0 atom stereocenters. The lowest BCUT2D eigenvalue weighted by Gasteiger charge is -1.92. The third-order valence-corrected chi connectivity index (χ3v) is 2.55. The fourth-order valence-corrected chi connectivity index (χ4v) is 1.62. The Bertz CT molecular complexity index is 513. The monoisotopic (exact) mass is 231 g/mol. The molecule has 16 heavy (non-hydrogen) atoms. The maximum Gasteiger partial charge on any atom is 0.257 e. The molecular weight excluding hydrogens is 222 g/mol. The van der Waals surface area contributed by atoms with Crippen molar-refractivity contribution < 1.29 is 4.52 Å². The molecule has 0 aliphatic carbocycles. The van der Waals surface area contributed by atoms with Crippen molar-refractivity contribution in [2.45, 2.75) is 5.75 Å². The number of hydrogen-bond donors (Lipinski definition) is 0. The standard InChI is InChI=1S/C11H9N3OS/c1-16-7-10-13-11(15-14-10)9-4-2-8(6-12)3-5-9/h2-5H,7H2,1H3. The van der Waals surface area contributed by atoms with Crippen LogP contribution in [0.25, 0.3) is 11.5 Å². The van der Waals surface area contributed by atoms with Crippen molar-refractivity contribution in [1.82, 2.24) is 10.1 Å². The van der Waals surface area contributed by atoms with E-state index >= 15 is 0 Å². The van der Waals surface area contributed by atoms with Crippen LogP contribution in [0.3, 0.4) is 0 Å². The van der Waals surface area contributed by atoms with Crippen molar-refractivity contribution in [3.05, 3.63) is 35.7 Å². The lowest BCUT2D eigenvalue weighted by atomic mass is 10.1. The molecule has 1 aromatic heterocycles. The van der Waals surface area contributed by atoms with Crippen LogP contribution in [0.5, 0.6) is 0 Å². The summed E-state index contributed by atoms with van der Waals surface area (Å²) in [4.78, 5) is 4.24. The fourth-order valence-electron chi connectivity index (χ4n) is 1.25. The molecular formula is C11H9N3OS. The first kappa shape index (κ1) is 10.7. The molecule has 0 spiro atoms. The van der Waals surface area contributed by atoms with Crippen LogP contribution in [-0.4, -0.2) is 16.4 Å². The Hall–Kier alpha value is -1.80. The van der Waals surface area contributed by atoms with Crippen molar-refractivity contribution in [3.63, 3.8) is 0 Å². The van der Waals surface area contributed by atoms with Gasteiger partial charge >= 0.3 is 0 Å². The minimum atomic E-state index is 0.494. The summed E-state index contributed by atoms with van der Waals surface area (Å²) < 4.78 is 5.12. The largest absolute Gasteiger partial charge is 0.334 e. The number of rotatable bonds is 3. The molecule has 0 radical (unpaired) electrons. The zero-order chi connectivity index (χ0) is 11.4. The first-order chi connectivity index (χ1) is 7.83. The highest BCUT2D eigenvalue weighted by Gasteiger charge is 2.07. The summed E-state index contributed by atoms with van der Waals surface area (Å²) in [7, 11) is 0. The van der Waals surface area contributed by atoms with Crippen LogP contribution in [0.2, 0.25) is 0 Å². The minimum absolute atomic E-state index is 0.494. The molecule has 4 nitrogen and oxygen atoms in total. The Labute approximate surface area is 97.3 Å². The fraction of sp³-hybridized carbons (Fsp3) is 0.182. The van der Waals surface area contributed by atoms with Gasteiger partial charge in [0.25, 0.3) is 5.89 Å². The predicted molar refractivity (Wildman–Crippen MR) is 61.7 cm³/mol. The lowest BCUT2D eigenvalue weighted by Crippen LogP contribution is -1.83. The van der Waals surface area contributed by atoms with E-state index in [1.54, 1.807) is 36.0 Å². The van der Waals surface area contributed by atoms with E-state index in [4.69, 9.17) is 9.78 Å². The molecule has 2 rings (SSSR count). The maximum atomic E-state index is 8.67. The SMILES string of the molecule is CSCc1noc(-c2ccc(C#N)cc2)n1. The minimum Gasteiger partial charge on any atom is -0.334 e. The Kier molecular flexibility index (Phi) is 3.22. The quantitative estimate of drug-likeness (QED) is 0.812. The van der Waals surface area contributed by atoms with E-state index in [1.807, 2.05) is 6.26 Å². The Balaban J connectivity index is 2.25. The second kappa shape index (κ2) is 4.81. The predicted octanol–water partition coefficient (Wildman–Crippen LogP) is 2.47. The van der Waals surface area contributed by atoms with Crippen molar-refractivity contribution >= 4 is 11.8 Å².